The number of thiophene rings is 1. The van der Waals surface area contributed by atoms with E-state index in [-0.39, 0.29) is 16.1 Å². The van der Waals surface area contributed by atoms with Crippen LogP contribution in [-0.2, 0) is 17.5 Å². The van der Waals surface area contributed by atoms with E-state index in [4.69, 9.17) is 4.74 Å². The molecule has 0 bridgehead atoms. The van der Waals surface area contributed by atoms with Gasteiger partial charge in [0.1, 0.15) is 4.83 Å². The van der Waals surface area contributed by atoms with Crippen LogP contribution >= 0.6 is 11.3 Å². The number of alkyl halides is 3. The van der Waals surface area contributed by atoms with Crippen LogP contribution in [0.25, 0.3) is 10.2 Å². The maximum Gasteiger partial charge on any atom is 0.416 e. The van der Waals surface area contributed by atoms with Crippen LogP contribution in [0.15, 0.2) is 35.4 Å². The highest BCUT2D eigenvalue weighted by atomic mass is 32.1. The van der Waals surface area contributed by atoms with Crippen molar-refractivity contribution in [2.75, 3.05) is 19.0 Å². The molecule has 2 aromatic heterocycles. The Kier molecular flexibility index (Phi) is 5.52. The summed E-state index contributed by atoms with van der Waals surface area (Å²) < 4.78 is 44.9. The Morgan fingerprint density at radius 1 is 1.36 bits per heavy atom. The Labute approximate surface area is 161 Å². The van der Waals surface area contributed by atoms with Crippen molar-refractivity contribution in [3.63, 3.8) is 0 Å². The third kappa shape index (κ3) is 3.92. The number of benzene rings is 1. The number of nitrogens with zero attached hydrogens (tertiary/aromatic N) is 2. The molecule has 3 aromatic rings. The molecule has 10 heteroatoms. The minimum absolute atomic E-state index is 0.0159. The average molecular weight is 411 g/mol. The molecule has 0 unspecified atom stereocenters. The van der Waals surface area contributed by atoms with Crippen LogP contribution in [-0.4, -0.2) is 29.2 Å². The fourth-order valence-corrected chi connectivity index (χ4v) is 3.72. The molecule has 0 atom stereocenters. The number of fused-ring (bicyclic) bond motifs is 1. The number of hydrogen-bond donors (Lipinski definition) is 1. The molecule has 3 rings (SSSR count). The van der Waals surface area contributed by atoms with Crippen molar-refractivity contribution in [3.8, 4) is 0 Å². The lowest BCUT2D eigenvalue weighted by Crippen LogP contribution is -2.22. The van der Waals surface area contributed by atoms with Gasteiger partial charge in [-0.3, -0.25) is 14.2 Å². The fourth-order valence-electron chi connectivity index (χ4n) is 2.69. The molecular weight excluding hydrogens is 395 g/mol. The highest BCUT2D eigenvalue weighted by Crippen LogP contribution is 2.31. The summed E-state index contributed by atoms with van der Waals surface area (Å²) >= 11 is 1.02. The van der Waals surface area contributed by atoms with Gasteiger partial charge in [0.05, 0.1) is 35.3 Å². The first-order valence-electron chi connectivity index (χ1n) is 8.18. The summed E-state index contributed by atoms with van der Waals surface area (Å²) in [6.45, 7) is 2.27. The van der Waals surface area contributed by atoms with Crippen LogP contribution < -0.4 is 10.9 Å². The fraction of sp³-hybridized carbons (Fsp3) is 0.278. The van der Waals surface area contributed by atoms with Gasteiger partial charge in [0.2, 0.25) is 0 Å². The number of halogens is 3. The molecular formula is C18H16F3N3O3S. The standard InChI is InChI=1S/C18H16F3N3O3S/c1-10-13-16(22-9-24(17(13)26)6-7-27-2)28-14(10)15(25)23-12-5-3-4-11(8-12)18(19,20)21/h3-5,8-9H,6-7H2,1-2H3,(H,23,25). The molecule has 1 aromatic carbocycles. The zero-order chi connectivity index (χ0) is 20.5. The summed E-state index contributed by atoms with van der Waals surface area (Å²) in [5.41, 5.74) is -0.703. The normalized spacial score (nSPS) is 11.8. The highest BCUT2D eigenvalue weighted by Gasteiger charge is 2.30. The Hall–Kier alpha value is -2.72. The lowest BCUT2D eigenvalue weighted by molar-refractivity contribution is -0.137. The Morgan fingerprint density at radius 3 is 2.79 bits per heavy atom. The van der Waals surface area contributed by atoms with E-state index < -0.39 is 17.6 Å². The lowest BCUT2D eigenvalue weighted by Gasteiger charge is -2.09. The monoisotopic (exact) mass is 411 g/mol. The number of rotatable bonds is 5. The summed E-state index contributed by atoms with van der Waals surface area (Å²) in [7, 11) is 1.52. The quantitative estimate of drug-likeness (QED) is 0.695. The number of methoxy groups -OCH3 is 1. The van der Waals surface area contributed by atoms with E-state index in [9.17, 15) is 22.8 Å². The molecule has 0 radical (unpaired) electrons. The summed E-state index contributed by atoms with van der Waals surface area (Å²) in [4.78, 5) is 30.0. The Morgan fingerprint density at radius 2 is 2.11 bits per heavy atom. The van der Waals surface area contributed by atoms with E-state index in [2.05, 4.69) is 10.3 Å². The highest BCUT2D eigenvalue weighted by molar-refractivity contribution is 7.20. The average Bonchev–Trinajstić information content (AvgIpc) is 2.98. The lowest BCUT2D eigenvalue weighted by atomic mass is 10.1. The predicted molar refractivity (Wildman–Crippen MR) is 99.9 cm³/mol. The van der Waals surface area contributed by atoms with Gasteiger partial charge in [0.15, 0.2) is 0 Å². The molecule has 0 aliphatic heterocycles. The molecule has 2 heterocycles. The van der Waals surface area contributed by atoms with Crippen molar-refractivity contribution in [2.24, 2.45) is 0 Å². The molecule has 0 aliphatic rings. The van der Waals surface area contributed by atoms with Gasteiger partial charge in [0.25, 0.3) is 11.5 Å². The van der Waals surface area contributed by atoms with E-state index in [0.717, 1.165) is 23.5 Å². The van der Waals surface area contributed by atoms with E-state index in [1.165, 1.54) is 30.1 Å². The van der Waals surface area contributed by atoms with Crippen molar-refractivity contribution in [1.82, 2.24) is 9.55 Å². The van der Waals surface area contributed by atoms with E-state index >= 15 is 0 Å². The van der Waals surface area contributed by atoms with Crippen LogP contribution in [0.3, 0.4) is 0 Å². The molecule has 0 spiro atoms. The maximum absolute atomic E-state index is 12.8. The van der Waals surface area contributed by atoms with Gasteiger partial charge in [-0.25, -0.2) is 4.98 Å². The Balaban J connectivity index is 1.93. The summed E-state index contributed by atoms with van der Waals surface area (Å²) in [5, 5.41) is 2.77. The van der Waals surface area contributed by atoms with Gasteiger partial charge in [-0.1, -0.05) is 6.07 Å². The summed E-state index contributed by atoms with van der Waals surface area (Å²) in [5.74, 6) is -0.595. The summed E-state index contributed by atoms with van der Waals surface area (Å²) in [6, 6.07) is 4.36. The molecule has 148 valence electrons. The van der Waals surface area contributed by atoms with E-state index in [0.29, 0.717) is 28.9 Å². The largest absolute Gasteiger partial charge is 0.416 e. The number of aryl methyl sites for hydroxylation is 1. The minimum Gasteiger partial charge on any atom is -0.383 e. The summed E-state index contributed by atoms with van der Waals surface area (Å²) in [6.07, 6.45) is -3.13. The second-order valence-electron chi connectivity index (χ2n) is 6.00. The Bertz CT molecular complexity index is 1090. The molecule has 0 aliphatic carbocycles. The van der Waals surface area contributed by atoms with Crippen LogP contribution in [0.1, 0.15) is 20.8 Å². The number of carbonyl (C=O) groups is 1. The molecule has 0 fully saturated rings. The van der Waals surface area contributed by atoms with Crippen LogP contribution in [0, 0.1) is 6.92 Å². The van der Waals surface area contributed by atoms with Gasteiger partial charge in [-0.2, -0.15) is 13.2 Å². The van der Waals surface area contributed by atoms with Crippen molar-refractivity contribution in [1.29, 1.82) is 0 Å². The third-order valence-electron chi connectivity index (χ3n) is 4.11. The van der Waals surface area contributed by atoms with Gasteiger partial charge in [-0.15, -0.1) is 11.3 Å². The van der Waals surface area contributed by atoms with Crippen LogP contribution in [0.2, 0.25) is 0 Å². The number of anilines is 1. The van der Waals surface area contributed by atoms with Crippen molar-refractivity contribution in [2.45, 2.75) is 19.6 Å². The molecule has 6 nitrogen and oxygen atoms in total. The molecule has 0 saturated heterocycles. The van der Waals surface area contributed by atoms with Crippen molar-refractivity contribution in [3.05, 3.63) is 57.0 Å². The first-order valence-corrected chi connectivity index (χ1v) is 9.00. The maximum atomic E-state index is 12.8. The van der Waals surface area contributed by atoms with E-state index in [1.807, 2.05) is 0 Å². The van der Waals surface area contributed by atoms with Gasteiger partial charge >= 0.3 is 6.18 Å². The molecule has 0 saturated carbocycles. The number of nitrogens with one attached hydrogen (secondary N) is 1. The van der Waals surface area contributed by atoms with Crippen molar-refractivity contribution < 1.29 is 22.7 Å². The molecule has 28 heavy (non-hydrogen) atoms. The first-order chi connectivity index (χ1) is 13.2. The topological polar surface area (TPSA) is 73.2 Å². The van der Waals surface area contributed by atoms with Crippen LogP contribution in [0.5, 0.6) is 0 Å². The van der Waals surface area contributed by atoms with Crippen molar-refractivity contribution >= 4 is 33.1 Å². The predicted octanol–water partition coefficient (Wildman–Crippen LogP) is 3.68. The third-order valence-corrected chi connectivity index (χ3v) is 5.31. The van der Waals surface area contributed by atoms with E-state index in [1.54, 1.807) is 6.92 Å². The van der Waals surface area contributed by atoms with Gasteiger partial charge < -0.3 is 10.1 Å². The van der Waals surface area contributed by atoms with Gasteiger partial charge in [-0.05, 0) is 30.7 Å². The van der Waals surface area contributed by atoms with Gasteiger partial charge in [0, 0.05) is 12.8 Å². The zero-order valence-electron chi connectivity index (χ0n) is 15.0. The number of hydrogen-bond acceptors (Lipinski definition) is 5. The zero-order valence-corrected chi connectivity index (χ0v) is 15.8. The second-order valence-corrected chi connectivity index (χ2v) is 7.00. The number of aromatic nitrogens is 2. The van der Waals surface area contributed by atoms with Crippen LogP contribution in [0.4, 0.5) is 18.9 Å². The molecule has 1 amide bonds. The number of ether oxygens (including phenoxy) is 1. The molecule has 1 N–H and O–H groups in total. The SMILES string of the molecule is COCCn1cnc2sc(C(=O)Nc3cccc(C(F)(F)F)c3)c(C)c2c1=O. The minimum atomic E-state index is -4.51. The first kappa shape index (κ1) is 20.0. The number of carbonyl (C=O) groups excluding carboxylic acids is 1. The number of amides is 1. The second kappa shape index (κ2) is 7.72. The smallest absolute Gasteiger partial charge is 0.383 e.